The van der Waals surface area contributed by atoms with Crippen molar-refractivity contribution in [1.82, 2.24) is 5.32 Å². The van der Waals surface area contributed by atoms with E-state index >= 15 is 0 Å². The first-order chi connectivity index (χ1) is 8.69. The Balaban J connectivity index is 2.03. The maximum absolute atomic E-state index is 3.70. The van der Waals surface area contributed by atoms with Crippen LogP contribution in [0.2, 0.25) is 0 Å². The van der Waals surface area contributed by atoms with Gasteiger partial charge in [-0.2, -0.15) is 0 Å². The lowest BCUT2D eigenvalue weighted by Gasteiger charge is -2.20. The highest BCUT2D eigenvalue weighted by atomic mass is 79.9. The maximum atomic E-state index is 3.70. The van der Waals surface area contributed by atoms with E-state index in [9.17, 15) is 0 Å². The fraction of sp³-hybridized carbons (Fsp3) is 0.625. The molecule has 1 nitrogen and oxygen atoms in total. The van der Waals surface area contributed by atoms with Crippen LogP contribution < -0.4 is 5.32 Å². The Labute approximate surface area is 119 Å². The molecule has 0 bridgehead atoms. The smallest absolute Gasteiger partial charge is 0.0320 e. The molecule has 0 spiro atoms. The molecule has 1 unspecified atom stereocenters. The van der Waals surface area contributed by atoms with Crippen LogP contribution in [-0.4, -0.2) is 6.54 Å². The van der Waals surface area contributed by atoms with Crippen molar-refractivity contribution in [3.05, 3.63) is 33.8 Å². The number of benzene rings is 1. The Morgan fingerprint density at radius 3 is 2.72 bits per heavy atom. The van der Waals surface area contributed by atoms with Gasteiger partial charge in [-0.25, -0.2) is 0 Å². The summed E-state index contributed by atoms with van der Waals surface area (Å²) in [5.41, 5.74) is 2.78. The molecule has 1 N–H and O–H groups in total. The van der Waals surface area contributed by atoms with Gasteiger partial charge in [0.05, 0.1) is 0 Å². The van der Waals surface area contributed by atoms with E-state index < -0.39 is 0 Å². The molecule has 100 valence electrons. The second-order valence-electron chi connectivity index (χ2n) is 5.59. The summed E-state index contributed by atoms with van der Waals surface area (Å²) in [6.07, 6.45) is 6.77. The van der Waals surface area contributed by atoms with Crippen molar-refractivity contribution in [3.8, 4) is 0 Å². The predicted octanol–water partition coefficient (Wildman–Crippen LogP) is 4.99. The third-order valence-electron chi connectivity index (χ3n) is 3.67. The van der Waals surface area contributed by atoms with Crippen LogP contribution in [0.3, 0.4) is 0 Å². The highest BCUT2D eigenvalue weighted by Gasteiger charge is 2.23. The van der Waals surface area contributed by atoms with Crippen molar-refractivity contribution in [1.29, 1.82) is 0 Å². The van der Waals surface area contributed by atoms with Crippen molar-refractivity contribution >= 4 is 15.9 Å². The Bertz CT molecular complexity index is 364. The molecular formula is C16H24BrN. The number of aryl methyl sites for hydroxylation is 1. The van der Waals surface area contributed by atoms with Crippen molar-refractivity contribution in [2.24, 2.45) is 5.92 Å². The van der Waals surface area contributed by atoms with Crippen LogP contribution in [0, 0.1) is 12.8 Å². The molecular weight excluding hydrogens is 286 g/mol. The van der Waals surface area contributed by atoms with Gasteiger partial charge in [-0.1, -0.05) is 41.8 Å². The Kier molecular flexibility index (Phi) is 5.25. The molecule has 1 saturated carbocycles. The van der Waals surface area contributed by atoms with E-state index in [2.05, 4.69) is 53.3 Å². The van der Waals surface area contributed by atoms with E-state index in [-0.39, 0.29) is 0 Å². The van der Waals surface area contributed by atoms with Crippen LogP contribution in [0.5, 0.6) is 0 Å². The Morgan fingerprint density at radius 2 is 2.11 bits per heavy atom. The average Bonchev–Trinajstić information content (AvgIpc) is 3.11. The first-order valence-corrected chi connectivity index (χ1v) is 7.99. The molecule has 0 heterocycles. The molecule has 2 rings (SSSR count). The average molecular weight is 310 g/mol. The fourth-order valence-electron chi connectivity index (χ4n) is 2.48. The van der Waals surface area contributed by atoms with Crippen LogP contribution >= 0.6 is 15.9 Å². The lowest BCUT2D eigenvalue weighted by molar-refractivity contribution is 0.469. The van der Waals surface area contributed by atoms with Crippen LogP contribution in [0.1, 0.15) is 56.2 Å². The summed E-state index contributed by atoms with van der Waals surface area (Å²) in [5, 5.41) is 3.70. The molecule has 0 aromatic heterocycles. The summed E-state index contributed by atoms with van der Waals surface area (Å²) >= 11 is 3.61. The van der Waals surface area contributed by atoms with Gasteiger partial charge in [-0.05, 0) is 61.9 Å². The first-order valence-electron chi connectivity index (χ1n) is 7.19. The highest BCUT2D eigenvalue weighted by molar-refractivity contribution is 9.10. The van der Waals surface area contributed by atoms with Gasteiger partial charge in [0.15, 0.2) is 0 Å². The first kappa shape index (κ1) is 14.1. The molecule has 0 saturated heterocycles. The lowest BCUT2D eigenvalue weighted by atomic mass is 9.99. The lowest BCUT2D eigenvalue weighted by Crippen LogP contribution is -2.22. The summed E-state index contributed by atoms with van der Waals surface area (Å²) in [6, 6.07) is 7.31. The number of hydrogen-bond acceptors (Lipinski definition) is 1. The molecule has 0 amide bonds. The summed E-state index contributed by atoms with van der Waals surface area (Å²) in [5.74, 6) is 1.02. The number of hydrogen-bond donors (Lipinski definition) is 1. The number of nitrogens with one attached hydrogen (secondary N) is 1. The molecule has 18 heavy (non-hydrogen) atoms. The second kappa shape index (κ2) is 6.72. The van der Waals surface area contributed by atoms with Gasteiger partial charge in [-0.15, -0.1) is 0 Å². The minimum absolute atomic E-state index is 0.529. The summed E-state index contributed by atoms with van der Waals surface area (Å²) in [4.78, 5) is 0. The maximum Gasteiger partial charge on any atom is 0.0320 e. The number of rotatable bonds is 7. The topological polar surface area (TPSA) is 12.0 Å². The van der Waals surface area contributed by atoms with Gasteiger partial charge in [-0.3, -0.25) is 0 Å². The van der Waals surface area contributed by atoms with Gasteiger partial charge in [0.25, 0.3) is 0 Å². The zero-order valence-corrected chi connectivity index (χ0v) is 13.1. The quantitative estimate of drug-likeness (QED) is 0.748. The van der Waals surface area contributed by atoms with Crippen LogP contribution in [0.4, 0.5) is 0 Å². The van der Waals surface area contributed by atoms with Gasteiger partial charge in [0, 0.05) is 10.5 Å². The second-order valence-corrected chi connectivity index (χ2v) is 6.51. The molecule has 1 aliphatic carbocycles. The van der Waals surface area contributed by atoms with Crippen molar-refractivity contribution in [2.45, 2.75) is 52.0 Å². The van der Waals surface area contributed by atoms with Gasteiger partial charge < -0.3 is 5.32 Å². The standard InChI is InChI=1S/C16H24BrN/c1-3-8-18-16(7-6-13-4-5-13)14-9-12(2)10-15(17)11-14/h9-11,13,16,18H,3-8H2,1-2H3. The molecule has 0 aliphatic heterocycles. The van der Waals surface area contributed by atoms with Crippen molar-refractivity contribution < 1.29 is 0 Å². The zero-order valence-electron chi connectivity index (χ0n) is 11.5. The van der Waals surface area contributed by atoms with E-state index in [0.29, 0.717) is 6.04 Å². The minimum atomic E-state index is 0.529. The van der Waals surface area contributed by atoms with Crippen LogP contribution in [0.25, 0.3) is 0 Å². The van der Waals surface area contributed by atoms with Crippen molar-refractivity contribution in [3.63, 3.8) is 0 Å². The fourth-order valence-corrected chi connectivity index (χ4v) is 3.11. The minimum Gasteiger partial charge on any atom is -0.310 e. The Morgan fingerprint density at radius 1 is 1.33 bits per heavy atom. The monoisotopic (exact) mass is 309 g/mol. The highest BCUT2D eigenvalue weighted by Crippen LogP contribution is 2.36. The molecule has 1 fully saturated rings. The van der Waals surface area contributed by atoms with E-state index in [1.165, 1.54) is 47.7 Å². The molecule has 0 radical (unpaired) electrons. The van der Waals surface area contributed by atoms with E-state index in [1.54, 1.807) is 0 Å². The summed E-state index contributed by atoms with van der Waals surface area (Å²) in [6.45, 7) is 5.52. The van der Waals surface area contributed by atoms with E-state index in [0.717, 1.165) is 12.5 Å². The normalized spacial score (nSPS) is 16.8. The SMILES string of the molecule is CCCNC(CCC1CC1)c1cc(C)cc(Br)c1. The third-order valence-corrected chi connectivity index (χ3v) is 4.13. The summed E-state index contributed by atoms with van der Waals surface area (Å²) in [7, 11) is 0. The predicted molar refractivity (Wildman–Crippen MR) is 81.9 cm³/mol. The van der Waals surface area contributed by atoms with Crippen LogP contribution in [-0.2, 0) is 0 Å². The van der Waals surface area contributed by atoms with Gasteiger partial charge >= 0.3 is 0 Å². The zero-order chi connectivity index (χ0) is 13.0. The Hall–Kier alpha value is -0.340. The third kappa shape index (κ3) is 4.40. The summed E-state index contributed by atoms with van der Waals surface area (Å²) < 4.78 is 1.20. The number of halogens is 1. The van der Waals surface area contributed by atoms with Gasteiger partial charge in [0.1, 0.15) is 0 Å². The van der Waals surface area contributed by atoms with E-state index in [4.69, 9.17) is 0 Å². The molecule has 1 aromatic rings. The molecule has 1 atom stereocenters. The molecule has 1 aromatic carbocycles. The van der Waals surface area contributed by atoms with E-state index in [1.807, 2.05) is 0 Å². The largest absolute Gasteiger partial charge is 0.310 e. The van der Waals surface area contributed by atoms with Crippen LogP contribution in [0.15, 0.2) is 22.7 Å². The van der Waals surface area contributed by atoms with Gasteiger partial charge in [0.2, 0.25) is 0 Å². The molecule has 1 aliphatic rings. The van der Waals surface area contributed by atoms with Crippen molar-refractivity contribution in [2.75, 3.05) is 6.54 Å². The molecule has 2 heteroatoms.